The Kier molecular flexibility index (Phi) is 2.61. The van der Waals surface area contributed by atoms with Crippen molar-refractivity contribution in [2.75, 3.05) is 7.11 Å². The van der Waals surface area contributed by atoms with Crippen molar-refractivity contribution in [3.63, 3.8) is 0 Å². The monoisotopic (exact) mass is 233 g/mol. The zero-order chi connectivity index (χ0) is 12.7. The van der Waals surface area contributed by atoms with Crippen LogP contribution in [0.3, 0.4) is 0 Å². The third-order valence-corrected chi connectivity index (χ3v) is 2.84. The van der Waals surface area contributed by atoms with Gasteiger partial charge in [0.1, 0.15) is 5.75 Å². The third kappa shape index (κ3) is 1.58. The SMILES string of the molecule is COc1c(C(C)=O)c(C)nc2c1c(C)nn2C. The molecule has 0 aromatic carbocycles. The summed E-state index contributed by atoms with van der Waals surface area (Å²) in [5, 5.41) is 5.11. The molecule has 0 bridgehead atoms. The van der Waals surface area contributed by atoms with Crippen LogP contribution in [0.25, 0.3) is 11.0 Å². The van der Waals surface area contributed by atoms with E-state index in [1.807, 2.05) is 14.0 Å². The number of rotatable bonds is 2. The number of ketones is 1. The molecule has 0 saturated carbocycles. The quantitative estimate of drug-likeness (QED) is 0.742. The van der Waals surface area contributed by atoms with Crippen LogP contribution >= 0.6 is 0 Å². The van der Waals surface area contributed by atoms with E-state index in [4.69, 9.17) is 4.74 Å². The van der Waals surface area contributed by atoms with Gasteiger partial charge in [0.2, 0.25) is 0 Å². The maximum absolute atomic E-state index is 11.7. The average Bonchev–Trinajstić information content (AvgIpc) is 2.52. The predicted octanol–water partition coefficient (Wildman–Crippen LogP) is 1.80. The van der Waals surface area contributed by atoms with Gasteiger partial charge in [-0.2, -0.15) is 5.10 Å². The van der Waals surface area contributed by atoms with E-state index in [0.29, 0.717) is 17.0 Å². The zero-order valence-electron chi connectivity index (χ0n) is 10.7. The maximum atomic E-state index is 11.7. The Bertz CT molecular complexity index is 614. The van der Waals surface area contributed by atoms with Gasteiger partial charge in [-0.25, -0.2) is 4.98 Å². The van der Waals surface area contributed by atoms with E-state index in [-0.39, 0.29) is 5.78 Å². The number of hydrogen-bond donors (Lipinski definition) is 0. The van der Waals surface area contributed by atoms with E-state index in [1.54, 1.807) is 18.7 Å². The Balaban J connectivity index is 2.99. The van der Waals surface area contributed by atoms with Gasteiger partial charge >= 0.3 is 0 Å². The highest BCUT2D eigenvalue weighted by Crippen LogP contribution is 2.32. The molecule has 5 heteroatoms. The lowest BCUT2D eigenvalue weighted by Crippen LogP contribution is -2.04. The summed E-state index contributed by atoms with van der Waals surface area (Å²) in [5.41, 5.74) is 2.76. The number of hydrogen-bond acceptors (Lipinski definition) is 4. The fraction of sp³-hybridized carbons (Fsp3) is 0.417. The van der Waals surface area contributed by atoms with Crippen molar-refractivity contribution in [2.24, 2.45) is 7.05 Å². The van der Waals surface area contributed by atoms with Gasteiger partial charge in [-0.1, -0.05) is 0 Å². The molecule has 0 amide bonds. The number of pyridine rings is 1. The molecule has 2 aromatic heterocycles. The molecule has 0 radical (unpaired) electrons. The molecule has 2 heterocycles. The number of Topliss-reactive ketones (excluding diaryl/α,β-unsaturated/α-hetero) is 1. The lowest BCUT2D eigenvalue weighted by Gasteiger charge is -2.10. The van der Waals surface area contributed by atoms with Crippen LogP contribution in [-0.2, 0) is 7.05 Å². The normalized spacial score (nSPS) is 10.9. The summed E-state index contributed by atoms with van der Waals surface area (Å²) in [6.07, 6.45) is 0. The Morgan fingerprint density at radius 3 is 2.47 bits per heavy atom. The number of fused-ring (bicyclic) bond motifs is 1. The summed E-state index contributed by atoms with van der Waals surface area (Å²) in [6.45, 7) is 5.21. The van der Waals surface area contributed by atoms with Crippen molar-refractivity contribution in [2.45, 2.75) is 20.8 Å². The predicted molar refractivity (Wildman–Crippen MR) is 64.5 cm³/mol. The molecule has 0 N–H and O–H groups in total. The third-order valence-electron chi connectivity index (χ3n) is 2.84. The van der Waals surface area contributed by atoms with Crippen molar-refractivity contribution in [1.29, 1.82) is 0 Å². The lowest BCUT2D eigenvalue weighted by molar-refractivity contribution is 0.101. The van der Waals surface area contributed by atoms with E-state index in [1.165, 1.54) is 6.92 Å². The molecule has 0 spiro atoms. The molecule has 0 aliphatic rings. The van der Waals surface area contributed by atoms with Crippen LogP contribution in [0.4, 0.5) is 0 Å². The summed E-state index contributed by atoms with van der Waals surface area (Å²) in [5.74, 6) is 0.530. The van der Waals surface area contributed by atoms with Crippen LogP contribution in [0.5, 0.6) is 5.75 Å². The standard InChI is InChI=1S/C12H15N3O2/c1-6-9(8(3)16)11(17-5)10-7(2)14-15(4)12(10)13-6/h1-5H3. The first-order valence-corrected chi connectivity index (χ1v) is 5.36. The highest BCUT2D eigenvalue weighted by molar-refractivity contribution is 6.03. The smallest absolute Gasteiger partial charge is 0.165 e. The largest absolute Gasteiger partial charge is 0.495 e. The van der Waals surface area contributed by atoms with Crippen LogP contribution in [0.15, 0.2) is 0 Å². The van der Waals surface area contributed by atoms with Crippen LogP contribution in [0, 0.1) is 13.8 Å². The molecule has 0 saturated heterocycles. The van der Waals surface area contributed by atoms with Gasteiger partial charge in [0.05, 0.1) is 29.4 Å². The molecule has 17 heavy (non-hydrogen) atoms. The second kappa shape index (κ2) is 3.84. The second-order valence-corrected chi connectivity index (χ2v) is 4.07. The molecule has 0 unspecified atom stereocenters. The van der Waals surface area contributed by atoms with Crippen LogP contribution in [0.2, 0.25) is 0 Å². The Labute approximate surface area is 99.4 Å². The molecule has 0 fully saturated rings. The minimum Gasteiger partial charge on any atom is -0.495 e. The number of aryl methyl sites for hydroxylation is 3. The summed E-state index contributed by atoms with van der Waals surface area (Å²) >= 11 is 0. The molecule has 0 atom stereocenters. The molecule has 2 rings (SSSR count). The van der Waals surface area contributed by atoms with Crippen LogP contribution in [0.1, 0.15) is 28.7 Å². The molecule has 0 aliphatic heterocycles. The number of carbonyl (C=O) groups is 1. The number of methoxy groups -OCH3 is 1. The molecule has 2 aromatic rings. The number of ether oxygens (including phenoxy) is 1. The van der Waals surface area contributed by atoms with Gasteiger partial charge in [0, 0.05) is 7.05 Å². The average molecular weight is 233 g/mol. The second-order valence-electron chi connectivity index (χ2n) is 4.07. The van der Waals surface area contributed by atoms with Crippen molar-refractivity contribution in [3.8, 4) is 5.75 Å². The van der Waals surface area contributed by atoms with E-state index >= 15 is 0 Å². The van der Waals surface area contributed by atoms with E-state index < -0.39 is 0 Å². The minimum absolute atomic E-state index is 0.0444. The van der Waals surface area contributed by atoms with E-state index in [2.05, 4.69) is 10.1 Å². The molecular formula is C12H15N3O2. The molecular weight excluding hydrogens is 218 g/mol. The van der Waals surface area contributed by atoms with Crippen LogP contribution in [-0.4, -0.2) is 27.7 Å². The van der Waals surface area contributed by atoms with Crippen LogP contribution < -0.4 is 4.74 Å². The van der Waals surface area contributed by atoms with Crippen molar-refractivity contribution in [1.82, 2.24) is 14.8 Å². The van der Waals surface area contributed by atoms with Gasteiger partial charge in [-0.05, 0) is 20.8 Å². The fourth-order valence-corrected chi connectivity index (χ4v) is 2.16. The minimum atomic E-state index is -0.0444. The lowest BCUT2D eigenvalue weighted by atomic mass is 10.1. The highest BCUT2D eigenvalue weighted by Gasteiger charge is 2.21. The van der Waals surface area contributed by atoms with Gasteiger partial charge < -0.3 is 4.74 Å². The van der Waals surface area contributed by atoms with Crippen molar-refractivity contribution < 1.29 is 9.53 Å². The van der Waals surface area contributed by atoms with Gasteiger partial charge in [-0.3, -0.25) is 9.48 Å². The van der Waals surface area contributed by atoms with Gasteiger partial charge in [0.25, 0.3) is 0 Å². The first-order valence-electron chi connectivity index (χ1n) is 5.36. The summed E-state index contributed by atoms with van der Waals surface area (Å²) < 4.78 is 7.08. The number of nitrogens with zero attached hydrogens (tertiary/aromatic N) is 3. The number of aromatic nitrogens is 3. The van der Waals surface area contributed by atoms with Gasteiger partial charge in [0.15, 0.2) is 11.4 Å². The first kappa shape index (κ1) is 11.6. The Hall–Kier alpha value is -1.91. The first-order chi connectivity index (χ1) is 7.97. The Morgan fingerprint density at radius 1 is 1.29 bits per heavy atom. The molecule has 90 valence electrons. The summed E-state index contributed by atoms with van der Waals surface area (Å²) in [6, 6.07) is 0. The fourth-order valence-electron chi connectivity index (χ4n) is 2.16. The number of carbonyl (C=O) groups excluding carboxylic acids is 1. The maximum Gasteiger partial charge on any atom is 0.165 e. The zero-order valence-corrected chi connectivity index (χ0v) is 10.7. The Morgan fingerprint density at radius 2 is 1.94 bits per heavy atom. The molecule has 5 nitrogen and oxygen atoms in total. The molecule has 0 aliphatic carbocycles. The van der Waals surface area contributed by atoms with Crippen molar-refractivity contribution in [3.05, 3.63) is 17.0 Å². The summed E-state index contributed by atoms with van der Waals surface area (Å²) in [7, 11) is 3.39. The summed E-state index contributed by atoms with van der Waals surface area (Å²) in [4.78, 5) is 16.1. The van der Waals surface area contributed by atoms with E-state index in [0.717, 1.165) is 16.7 Å². The van der Waals surface area contributed by atoms with Crippen molar-refractivity contribution >= 4 is 16.8 Å². The highest BCUT2D eigenvalue weighted by atomic mass is 16.5. The van der Waals surface area contributed by atoms with Gasteiger partial charge in [-0.15, -0.1) is 0 Å². The van der Waals surface area contributed by atoms with E-state index in [9.17, 15) is 4.79 Å². The topological polar surface area (TPSA) is 57.0 Å².